The van der Waals surface area contributed by atoms with Crippen molar-refractivity contribution < 1.29 is 0 Å². The summed E-state index contributed by atoms with van der Waals surface area (Å²) in [7, 11) is 0. The molecule has 2 aromatic rings. The minimum atomic E-state index is 0.794. The molecule has 0 unspecified atom stereocenters. The smallest absolute Gasteiger partial charge is 0.132 e. The van der Waals surface area contributed by atoms with Crippen molar-refractivity contribution in [3.05, 3.63) is 58.7 Å². The monoisotopic (exact) mass is 255 g/mol. The molecule has 0 aliphatic heterocycles. The van der Waals surface area contributed by atoms with Gasteiger partial charge >= 0.3 is 0 Å². The van der Waals surface area contributed by atoms with Gasteiger partial charge in [-0.2, -0.15) is 0 Å². The lowest BCUT2D eigenvalue weighted by Crippen LogP contribution is -2.12. The van der Waals surface area contributed by atoms with Crippen LogP contribution >= 0.6 is 0 Å². The number of nitrogens with zero attached hydrogens (tertiary/aromatic N) is 2. The minimum Gasteiger partial charge on any atom is -0.313 e. The first-order chi connectivity index (χ1) is 9.19. The second kappa shape index (κ2) is 6.43. The second-order valence-corrected chi connectivity index (χ2v) is 4.88. The van der Waals surface area contributed by atoms with Crippen molar-refractivity contribution in [1.82, 2.24) is 15.3 Å². The summed E-state index contributed by atoms with van der Waals surface area (Å²) in [5, 5.41) is 3.27. The second-order valence-electron chi connectivity index (χ2n) is 4.88. The molecule has 1 aromatic carbocycles. The van der Waals surface area contributed by atoms with Crippen molar-refractivity contribution in [2.45, 2.75) is 33.7 Å². The Morgan fingerprint density at radius 2 is 1.74 bits per heavy atom. The molecule has 0 bridgehead atoms. The van der Waals surface area contributed by atoms with E-state index >= 15 is 0 Å². The molecule has 1 aromatic heterocycles. The lowest BCUT2D eigenvalue weighted by Gasteiger charge is -2.06. The number of hydrogen-bond acceptors (Lipinski definition) is 3. The third-order valence-electron chi connectivity index (χ3n) is 3.27. The Morgan fingerprint density at radius 3 is 2.37 bits per heavy atom. The number of benzene rings is 1. The van der Waals surface area contributed by atoms with Gasteiger partial charge in [-0.25, -0.2) is 9.97 Å². The highest BCUT2D eigenvalue weighted by atomic mass is 14.9. The zero-order valence-corrected chi connectivity index (χ0v) is 11.9. The van der Waals surface area contributed by atoms with Gasteiger partial charge in [0.2, 0.25) is 0 Å². The van der Waals surface area contributed by atoms with Gasteiger partial charge in [0, 0.05) is 30.9 Å². The van der Waals surface area contributed by atoms with Gasteiger partial charge in [0.05, 0.1) is 0 Å². The van der Waals surface area contributed by atoms with E-state index in [2.05, 4.69) is 54.3 Å². The molecule has 0 amide bonds. The molecule has 3 heteroatoms. The van der Waals surface area contributed by atoms with Crippen LogP contribution in [0.25, 0.3) is 0 Å². The van der Waals surface area contributed by atoms with Crippen LogP contribution in [-0.4, -0.2) is 16.5 Å². The van der Waals surface area contributed by atoms with E-state index in [-0.39, 0.29) is 0 Å². The summed E-state index contributed by atoms with van der Waals surface area (Å²) in [6, 6.07) is 6.52. The zero-order chi connectivity index (χ0) is 13.7. The van der Waals surface area contributed by atoms with Crippen LogP contribution < -0.4 is 5.32 Å². The summed E-state index contributed by atoms with van der Waals surface area (Å²) in [6.45, 7) is 8.16. The largest absolute Gasteiger partial charge is 0.313 e. The molecule has 0 radical (unpaired) electrons. The Balaban J connectivity index is 2.04. The topological polar surface area (TPSA) is 37.8 Å². The summed E-state index contributed by atoms with van der Waals surface area (Å²) in [6.07, 6.45) is 4.61. The van der Waals surface area contributed by atoms with Crippen LogP contribution in [0.2, 0.25) is 0 Å². The molecule has 100 valence electrons. The van der Waals surface area contributed by atoms with Crippen LogP contribution in [-0.2, 0) is 13.0 Å². The number of aryl methyl sites for hydroxylation is 2. The van der Waals surface area contributed by atoms with E-state index in [4.69, 9.17) is 0 Å². The maximum atomic E-state index is 4.43. The summed E-state index contributed by atoms with van der Waals surface area (Å²) in [5.74, 6) is 0.878. The molecule has 0 saturated heterocycles. The fraction of sp³-hybridized carbons (Fsp3) is 0.375. The molecule has 2 rings (SSSR count). The van der Waals surface area contributed by atoms with E-state index in [0.29, 0.717) is 0 Å². The lowest BCUT2D eigenvalue weighted by atomic mass is 10.0. The van der Waals surface area contributed by atoms with Crippen molar-refractivity contribution in [2.24, 2.45) is 0 Å². The molecule has 0 atom stereocenters. The molecule has 1 heterocycles. The first kappa shape index (κ1) is 13.7. The van der Waals surface area contributed by atoms with E-state index in [1.807, 2.05) is 12.4 Å². The predicted molar refractivity (Wildman–Crippen MR) is 78.1 cm³/mol. The van der Waals surface area contributed by atoms with Crippen LogP contribution in [0.3, 0.4) is 0 Å². The highest BCUT2D eigenvalue weighted by Gasteiger charge is 2.01. The number of nitrogens with one attached hydrogen (secondary N) is 1. The normalized spacial score (nSPS) is 10.7. The van der Waals surface area contributed by atoms with Crippen molar-refractivity contribution >= 4 is 0 Å². The van der Waals surface area contributed by atoms with Crippen molar-refractivity contribution in [3.63, 3.8) is 0 Å². The van der Waals surface area contributed by atoms with Gasteiger partial charge < -0.3 is 5.32 Å². The molecule has 0 spiro atoms. The number of aromatic nitrogens is 2. The van der Waals surface area contributed by atoms with Crippen LogP contribution in [0.1, 0.15) is 35.0 Å². The zero-order valence-electron chi connectivity index (χ0n) is 11.9. The maximum Gasteiger partial charge on any atom is 0.132 e. The number of hydrogen-bond donors (Lipinski definition) is 1. The highest BCUT2D eigenvalue weighted by molar-refractivity contribution is 5.31. The molecule has 1 N–H and O–H groups in total. The van der Waals surface area contributed by atoms with Gasteiger partial charge in [-0.3, -0.25) is 0 Å². The SMILES string of the molecule is CCNCc1cnc(Cc2ccc(C)c(C)c2)nc1. The van der Waals surface area contributed by atoms with Gasteiger partial charge in [-0.1, -0.05) is 25.1 Å². The van der Waals surface area contributed by atoms with Gasteiger partial charge in [0.15, 0.2) is 0 Å². The molecular weight excluding hydrogens is 234 g/mol. The van der Waals surface area contributed by atoms with Gasteiger partial charge in [-0.15, -0.1) is 0 Å². The lowest BCUT2D eigenvalue weighted by molar-refractivity contribution is 0.718. The van der Waals surface area contributed by atoms with Gasteiger partial charge in [-0.05, 0) is 37.1 Å². The van der Waals surface area contributed by atoms with E-state index in [0.717, 1.165) is 30.9 Å². The molecule has 0 aliphatic carbocycles. The average molecular weight is 255 g/mol. The van der Waals surface area contributed by atoms with E-state index < -0.39 is 0 Å². The number of rotatable bonds is 5. The van der Waals surface area contributed by atoms with Crippen molar-refractivity contribution in [2.75, 3.05) is 6.54 Å². The summed E-state index contributed by atoms with van der Waals surface area (Å²) in [5.41, 5.74) is 5.04. The predicted octanol–water partition coefficient (Wildman–Crippen LogP) is 2.79. The van der Waals surface area contributed by atoms with Crippen LogP contribution in [0.5, 0.6) is 0 Å². The molecular formula is C16H21N3. The van der Waals surface area contributed by atoms with Gasteiger partial charge in [0.25, 0.3) is 0 Å². The Bertz CT molecular complexity index is 532. The molecule has 3 nitrogen and oxygen atoms in total. The third-order valence-corrected chi connectivity index (χ3v) is 3.27. The summed E-state index contributed by atoms with van der Waals surface area (Å²) in [4.78, 5) is 8.86. The third kappa shape index (κ3) is 3.86. The Labute approximate surface area is 115 Å². The molecule has 0 fully saturated rings. The van der Waals surface area contributed by atoms with Crippen LogP contribution in [0, 0.1) is 13.8 Å². The summed E-state index contributed by atoms with van der Waals surface area (Å²) >= 11 is 0. The first-order valence-corrected chi connectivity index (χ1v) is 6.75. The van der Waals surface area contributed by atoms with Crippen molar-refractivity contribution in [3.8, 4) is 0 Å². The minimum absolute atomic E-state index is 0.794. The van der Waals surface area contributed by atoms with Crippen LogP contribution in [0.15, 0.2) is 30.6 Å². The Kier molecular flexibility index (Phi) is 4.63. The average Bonchev–Trinajstić information content (AvgIpc) is 2.42. The van der Waals surface area contributed by atoms with Gasteiger partial charge in [0.1, 0.15) is 5.82 Å². The standard InChI is InChI=1S/C16H21N3/c1-4-17-9-15-10-18-16(19-11-15)8-14-6-5-12(2)13(3)7-14/h5-7,10-11,17H,4,8-9H2,1-3H3. The Hall–Kier alpha value is -1.74. The molecule has 19 heavy (non-hydrogen) atoms. The van der Waals surface area contributed by atoms with Crippen LogP contribution in [0.4, 0.5) is 0 Å². The van der Waals surface area contributed by atoms with E-state index in [9.17, 15) is 0 Å². The quantitative estimate of drug-likeness (QED) is 0.892. The molecule has 0 saturated carbocycles. The van der Waals surface area contributed by atoms with E-state index in [1.54, 1.807) is 0 Å². The maximum absolute atomic E-state index is 4.43. The Morgan fingerprint density at radius 1 is 1.00 bits per heavy atom. The molecule has 0 aliphatic rings. The highest BCUT2D eigenvalue weighted by Crippen LogP contribution is 2.12. The summed E-state index contributed by atoms with van der Waals surface area (Å²) < 4.78 is 0. The fourth-order valence-corrected chi connectivity index (χ4v) is 1.93. The van der Waals surface area contributed by atoms with Crippen molar-refractivity contribution in [1.29, 1.82) is 0 Å². The fourth-order valence-electron chi connectivity index (χ4n) is 1.93. The van der Waals surface area contributed by atoms with E-state index in [1.165, 1.54) is 16.7 Å². The first-order valence-electron chi connectivity index (χ1n) is 6.75.